The number of hydrogen-bond donors (Lipinski definition) is 2. The number of carbonyl (C=O) groups is 1. The van der Waals surface area contributed by atoms with E-state index in [9.17, 15) is 13.6 Å². The van der Waals surface area contributed by atoms with E-state index in [1.165, 1.54) is 6.07 Å². The zero-order chi connectivity index (χ0) is 18.9. The molecule has 0 aliphatic carbocycles. The van der Waals surface area contributed by atoms with Crippen LogP contribution in [0.15, 0.2) is 23.2 Å². The lowest BCUT2D eigenvalue weighted by Crippen LogP contribution is -2.44. The molecule has 1 saturated heterocycles. The van der Waals surface area contributed by atoms with Crippen LogP contribution in [0.25, 0.3) is 0 Å². The highest BCUT2D eigenvalue weighted by atomic mass is 127. The number of aliphatic imine (C=N–C) groups is 1. The lowest BCUT2D eigenvalue weighted by atomic mass is 10.1. The number of ether oxygens (including phenoxy) is 1. The van der Waals surface area contributed by atoms with E-state index in [0.29, 0.717) is 18.1 Å². The first-order valence-corrected chi connectivity index (χ1v) is 8.84. The summed E-state index contributed by atoms with van der Waals surface area (Å²) in [5.74, 6) is 0.605. The topological polar surface area (TPSA) is 66.0 Å². The number of nitrogens with zero attached hydrogens (tertiary/aromatic N) is 2. The van der Waals surface area contributed by atoms with Crippen LogP contribution < -0.4 is 15.4 Å². The number of rotatable bonds is 7. The fraction of sp³-hybridized carbons (Fsp3) is 0.556. The summed E-state index contributed by atoms with van der Waals surface area (Å²) >= 11 is 0. The van der Waals surface area contributed by atoms with Crippen LogP contribution >= 0.6 is 24.0 Å². The molecule has 6 nitrogen and oxygen atoms in total. The second kappa shape index (κ2) is 11.9. The second-order valence-electron chi connectivity index (χ2n) is 6.13. The largest absolute Gasteiger partial charge is 0.434 e. The van der Waals surface area contributed by atoms with E-state index in [0.717, 1.165) is 31.5 Å². The first-order valence-electron chi connectivity index (χ1n) is 8.84. The Labute approximate surface area is 175 Å². The summed E-state index contributed by atoms with van der Waals surface area (Å²) in [7, 11) is 0. The number of halogens is 3. The minimum absolute atomic E-state index is 0. The minimum atomic E-state index is -2.88. The molecule has 152 valence electrons. The van der Waals surface area contributed by atoms with Crippen molar-refractivity contribution in [2.24, 2.45) is 4.99 Å². The number of amides is 1. The van der Waals surface area contributed by atoms with Crippen LogP contribution in [0.2, 0.25) is 0 Å². The van der Waals surface area contributed by atoms with Gasteiger partial charge in [-0.05, 0) is 32.8 Å². The lowest BCUT2D eigenvalue weighted by Gasteiger charge is -2.17. The number of carbonyl (C=O) groups excluding carboxylic acids is 1. The molecule has 1 heterocycles. The maximum absolute atomic E-state index is 12.6. The van der Waals surface area contributed by atoms with Gasteiger partial charge in [-0.25, -0.2) is 4.99 Å². The number of nitrogens with one attached hydrogen (secondary N) is 2. The predicted molar refractivity (Wildman–Crippen MR) is 112 cm³/mol. The Kier molecular flexibility index (Phi) is 10.3. The third kappa shape index (κ3) is 7.86. The number of aryl methyl sites for hydroxylation is 1. The molecule has 1 amide bonds. The highest BCUT2D eigenvalue weighted by Gasteiger charge is 2.17. The third-order valence-electron chi connectivity index (χ3n) is 4.05. The molecule has 1 fully saturated rings. The molecule has 0 atom stereocenters. The van der Waals surface area contributed by atoms with Crippen LogP contribution in [-0.4, -0.2) is 49.6 Å². The molecule has 1 aliphatic heterocycles. The van der Waals surface area contributed by atoms with Crippen molar-refractivity contribution >= 4 is 35.8 Å². The van der Waals surface area contributed by atoms with Gasteiger partial charge in [-0.2, -0.15) is 8.78 Å². The molecular formula is C18H27F2IN4O2. The molecule has 0 saturated carbocycles. The molecule has 2 N–H and O–H groups in total. The second-order valence-corrected chi connectivity index (χ2v) is 6.13. The third-order valence-corrected chi connectivity index (χ3v) is 4.05. The lowest BCUT2D eigenvalue weighted by molar-refractivity contribution is -0.128. The van der Waals surface area contributed by atoms with E-state index in [1.54, 1.807) is 12.1 Å². The van der Waals surface area contributed by atoms with Crippen molar-refractivity contribution in [1.82, 2.24) is 15.5 Å². The summed E-state index contributed by atoms with van der Waals surface area (Å²) in [4.78, 5) is 18.3. The van der Waals surface area contributed by atoms with Crippen molar-refractivity contribution in [2.45, 2.75) is 39.8 Å². The van der Waals surface area contributed by atoms with Gasteiger partial charge in [0.2, 0.25) is 5.91 Å². The maximum atomic E-state index is 12.6. The SMILES string of the molecule is CCNC(=NCc1cc(C)ccc1OC(F)F)NCC(=O)N1CCCC1.I. The highest BCUT2D eigenvalue weighted by Crippen LogP contribution is 2.22. The van der Waals surface area contributed by atoms with Gasteiger partial charge in [-0.3, -0.25) is 4.79 Å². The molecule has 0 unspecified atom stereocenters. The number of alkyl halides is 2. The van der Waals surface area contributed by atoms with E-state index in [4.69, 9.17) is 0 Å². The van der Waals surface area contributed by atoms with Crippen LogP contribution in [0.3, 0.4) is 0 Å². The minimum Gasteiger partial charge on any atom is -0.434 e. The number of benzene rings is 1. The summed E-state index contributed by atoms with van der Waals surface area (Å²) in [6.07, 6.45) is 2.08. The van der Waals surface area contributed by atoms with Gasteiger partial charge in [0.15, 0.2) is 5.96 Å². The predicted octanol–water partition coefficient (Wildman–Crippen LogP) is 2.89. The zero-order valence-corrected chi connectivity index (χ0v) is 18.0. The first-order chi connectivity index (χ1) is 12.5. The van der Waals surface area contributed by atoms with Gasteiger partial charge in [-0.15, -0.1) is 24.0 Å². The average Bonchev–Trinajstić information content (AvgIpc) is 3.13. The maximum Gasteiger partial charge on any atom is 0.387 e. The van der Waals surface area contributed by atoms with Crippen molar-refractivity contribution in [3.05, 3.63) is 29.3 Å². The van der Waals surface area contributed by atoms with Gasteiger partial charge >= 0.3 is 6.61 Å². The molecule has 9 heteroatoms. The van der Waals surface area contributed by atoms with Crippen molar-refractivity contribution in [2.75, 3.05) is 26.2 Å². The Morgan fingerprint density at radius 3 is 2.63 bits per heavy atom. The van der Waals surface area contributed by atoms with Crippen LogP contribution in [0.4, 0.5) is 8.78 Å². The molecule has 0 spiro atoms. The Morgan fingerprint density at radius 1 is 1.30 bits per heavy atom. The van der Waals surface area contributed by atoms with Crippen molar-refractivity contribution in [3.8, 4) is 5.75 Å². The quantitative estimate of drug-likeness (QED) is 0.346. The Morgan fingerprint density at radius 2 is 2.00 bits per heavy atom. The fourth-order valence-corrected chi connectivity index (χ4v) is 2.79. The molecule has 0 bridgehead atoms. The standard InChI is InChI=1S/C18H26F2N4O2.HI/c1-3-21-18(23-12-16(25)24-8-4-5-9-24)22-11-14-10-13(2)6-7-15(14)26-17(19)20;/h6-7,10,17H,3-5,8-9,11-12H2,1-2H3,(H2,21,22,23);1H. The van der Waals surface area contributed by atoms with E-state index in [1.807, 2.05) is 18.7 Å². The van der Waals surface area contributed by atoms with Gasteiger partial charge in [0.25, 0.3) is 0 Å². The normalized spacial score (nSPS) is 14.1. The molecule has 1 aromatic rings. The highest BCUT2D eigenvalue weighted by molar-refractivity contribution is 14.0. The average molecular weight is 496 g/mol. The van der Waals surface area contributed by atoms with Gasteiger partial charge < -0.3 is 20.3 Å². The number of guanidine groups is 1. The molecule has 2 rings (SSSR count). The number of likely N-dealkylation sites (tertiary alicyclic amines) is 1. The van der Waals surface area contributed by atoms with E-state index in [-0.39, 0.29) is 48.7 Å². The number of hydrogen-bond acceptors (Lipinski definition) is 3. The Balaban J connectivity index is 0.00000364. The molecule has 0 radical (unpaired) electrons. The summed E-state index contributed by atoms with van der Waals surface area (Å²) < 4.78 is 29.7. The van der Waals surface area contributed by atoms with Gasteiger partial charge in [0, 0.05) is 25.2 Å². The van der Waals surface area contributed by atoms with E-state index >= 15 is 0 Å². The van der Waals surface area contributed by atoms with Gasteiger partial charge in [0.1, 0.15) is 5.75 Å². The van der Waals surface area contributed by atoms with E-state index in [2.05, 4.69) is 20.4 Å². The van der Waals surface area contributed by atoms with Gasteiger partial charge in [-0.1, -0.05) is 17.7 Å². The first kappa shape index (κ1) is 23.4. The summed E-state index contributed by atoms with van der Waals surface area (Å²) in [6, 6.07) is 4.99. The molecule has 1 aliphatic rings. The summed E-state index contributed by atoms with van der Waals surface area (Å²) in [5.41, 5.74) is 1.49. The monoisotopic (exact) mass is 496 g/mol. The molecule has 27 heavy (non-hydrogen) atoms. The molecule has 1 aromatic carbocycles. The van der Waals surface area contributed by atoms with Crippen molar-refractivity contribution in [3.63, 3.8) is 0 Å². The fourth-order valence-electron chi connectivity index (χ4n) is 2.79. The Bertz CT molecular complexity index is 638. The van der Waals surface area contributed by atoms with Crippen LogP contribution in [0.1, 0.15) is 30.9 Å². The van der Waals surface area contributed by atoms with Crippen LogP contribution in [-0.2, 0) is 11.3 Å². The Hall–Kier alpha value is -1.65. The van der Waals surface area contributed by atoms with E-state index < -0.39 is 6.61 Å². The van der Waals surface area contributed by atoms with Crippen LogP contribution in [0, 0.1) is 6.92 Å². The molecular weight excluding hydrogens is 469 g/mol. The smallest absolute Gasteiger partial charge is 0.387 e. The summed E-state index contributed by atoms with van der Waals surface area (Å²) in [5, 5.41) is 6.05. The summed E-state index contributed by atoms with van der Waals surface area (Å²) in [6.45, 7) is 3.44. The molecule has 0 aromatic heterocycles. The van der Waals surface area contributed by atoms with Crippen molar-refractivity contribution in [1.29, 1.82) is 0 Å². The van der Waals surface area contributed by atoms with Crippen molar-refractivity contribution < 1.29 is 18.3 Å². The zero-order valence-electron chi connectivity index (χ0n) is 15.6. The van der Waals surface area contributed by atoms with Gasteiger partial charge in [0.05, 0.1) is 13.1 Å². The van der Waals surface area contributed by atoms with Crippen LogP contribution in [0.5, 0.6) is 5.75 Å².